The van der Waals surface area contributed by atoms with E-state index in [4.69, 9.17) is 16.3 Å². The summed E-state index contributed by atoms with van der Waals surface area (Å²) in [5.41, 5.74) is 2.50. The number of Topliss-reactive ketones (excluding diaryl/α,β-unsaturated/α-hetero) is 1. The van der Waals surface area contributed by atoms with E-state index in [0.717, 1.165) is 88.1 Å². The van der Waals surface area contributed by atoms with Crippen LogP contribution in [-0.2, 0) is 29.5 Å². The minimum Gasteiger partial charge on any atom is -0.462 e. The maximum Gasteiger partial charge on any atom is 0.307 e. The number of benzene rings is 1. The Morgan fingerprint density at radius 1 is 0.912 bits per heavy atom. The minimum absolute atomic E-state index is 0.00699. The fourth-order valence-corrected chi connectivity index (χ4v) is 15.0. The van der Waals surface area contributed by atoms with Gasteiger partial charge in [-0.25, -0.2) is 0 Å². The molecule has 6 nitrogen and oxygen atoms in total. The molecule has 0 saturated heterocycles. The average molecular weight is 801 g/mol. The van der Waals surface area contributed by atoms with Crippen molar-refractivity contribution in [3.05, 3.63) is 57.6 Å². The van der Waals surface area contributed by atoms with Crippen LogP contribution >= 0.6 is 11.6 Å². The number of esters is 1. The number of ether oxygens (including phenoxy) is 1. The molecular weight excluding hydrogens is 730 g/mol. The maximum absolute atomic E-state index is 14.3. The molecule has 1 amide bonds. The Kier molecular flexibility index (Phi) is 10.3. The van der Waals surface area contributed by atoms with E-state index >= 15 is 0 Å². The highest BCUT2D eigenvalue weighted by Gasteiger charge is 2.74. The lowest BCUT2D eigenvalue weighted by Gasteiger charge is -2.76. The van der Waals surface area contributed by atoms with E-state index in [1.807, 2.05) is 31.2 Å². The van der Waals surface area contributed by atoms with E-state index in [2.05, 4.69) is 66.8 Å². The Morgan fingerprint density at radius 2 is 1.56 bits per heavy atom. The molecule has 0 aromatic heterocycles. The van der Waals surface area contributed by atoms with Gasteiger partial charge in [-0.05, 0) is 146 Å². The summed E-state index contributed by atoms with van der Waals surface area (Å²) in [6.07, 6.45) is 14.4. The number of fused-ring (bicyclic) bond motifs is 7. The first-order valence-corrected chi connectivity index (χ1v) is 22.6. The third-order valence-corrected chi connectivity index (χ3v) is 18.5. The topological polar surface area (TPSA) is 89.5 Å². The highest BCUT2D eigenvalue weighted by molar-refractivity contribution is 6.30. The SMILES string of the molecule is CC[C@]12CC[C@]3(C)[C@H](CC[C@@H]4C5=C(C(C)C)C(=O)C[C@]5(/C=C(\C)C(=O)NC5(c6ccc(Cl)cc6)CC5)CC[C@]43C)[C@@]1(C)CC[C@H](OC(=O)CC(C)(C)C=O)C2(C)C. The number of carbonyl (C=O) groups excluding carboxylic acids is 4. The summed E-state index contributed by atoms with van der Waals surface area (Å²) in [4.78, 5) is 53.3. The van der Waals surface area contributed by atoms with Crippen molar-refractivity contribution in [2.24, 2.45) is 55.7 Å². The second-order valence-corrected chi connectivity index (χ2v) is 22.4. The number of halogens is 1. The first kappa shape index (κ1) is 42.4. The van der Waals surface area contributed by atoms with Crippen molar-refractivity contribution in [2.75, 3.05) is 0 Å². The van der Waals surface area contributed by atoms with Crippen LogP contribution in [0, 0.1) is 55.7 Å². The molecule has 0 heterocycles. The fraction of sp³-hybridized carbons (Fsp3) is 0.720. The predicted molar refractivity (Wildman–Crippen MR) is 227 cm³/mol. The van der Waals surface area contributed by atoms with Gasteiger partial charge in [-0.2, -0.15) is 0 Å². The number of rotatable bonds is 10. The number of hydrogen-bond donors (Lipinski definition) is 1. The molecule has 7 heteroatoms. The molecule has 0 bridgehead atoms. The van der Waals surface area contributed by atoms with Crippen LogP contribution in [0.15, 0.2) is 47.1 Å². The summed E-state index contributed by atoms with van der Waals surface area (Å²) in [6.45, 7) is 24.8. The van der Waals surface area contributed by atoms with Gasteiger partial charge in [0.1, 0.15) is 12.4 Å². The molecule has 0 spiro atoms. The predicted octanol–water partition coefficient (Wildman–Crippen LogP) is 11.7. The molecule has 7 rings (SSSR count). The third kappa shape index (κ3) is 6.20. The quantitative estimate of drug-likeness (QED) is 0.145. The molecular formula is C50H70ClNO5. The summed E-state index contributed by atoms with van der Waals surface area (Å²) in [7, 11) is 0. The first-order chi connectivity index (χ1) is 26.5. The molecule has 57 heavy (non-hydrogen) atoms. The van der Waals surface area contributed by atoms with Gasteiger partial charge in [0.25, 0.3) is 0 Å². The van der Waals surface area contributed by atoms with E-state index < -0.39 is 10.8 Å². The fourth-order valence-electron chi connectivity index (χ4n) is 14.8. The standard InChI is InChI=1S/C50H70ClNO5/c1-12-50-26-22-46(10)37(47(50,11)20-19-38(44(50,7)8)57-39(55)29-43(5,6)30-53)18-17-35-41-40(31(2)3)36(54)28-48(41,23-21-45(35,46)9)27-32(4)42(56)52-49(24-25-49)33-13-15-34(51)16-14-33/h13-16,27,30-31,35,37-38H,12,17-26,28-29H2,1-11H3,(H,52,56)/b32-27+/t35-,37+,38+,45-,46-,47-,48-,50-/m1/s1. The third-order valence-electron chi connectivity index (χ3n) is 18.3. The Balaban J connectivity index is 1.20. The van der Waals surface area contributed by atoms with Gasteiger partial charge in [0.15, 0.2) is 5.78 Å². The Hall–Kier alpha value is -2.73. The number of nitrogens with one attached hydrogen (secondary N) is 1. The molecule has 312 valence electrons. The summed E-state index contributed by atoms with van der Waals surface area (Å²) in [5.74, 6) is 0.845. The smallest absolute Gasteiger partial charge is 0.307 e. The van der Waals surface area contributed by atoms with Crippen molar-refractivity contribution in [1.82, 2.24) is 5.32 Å². The molecule has 5 fully saturated rings. The summed E-state index contributed by atoms with van der Waals surface area (Å²) in [5, 5.41) is 4.09. The van der Waals surface area contributed by atoms with E-state index in [0.29, 0.717) is 22.9 Å². The zero-order chi connectivity index (χ0) is 41.8. The summed E-state index contributed by atoms with van der Waals surface area (Å²) in [6, 6.07) is 7.83. The molecule has 1 aromatic rings. The van der Waals surface area contributed by atoms with E-state index in [-0.39, 0.29) is 74.6 Å². The highest BCUT2D eigenvalue weighted by atomic mass is 35.5. The summed E-state index contributed by atoms with van der Waals surface area (Å²) < 4.78 is 6.37. The van der Waals surface area contributed by atoms with Gasteiger partial charge in [-0.3, -0.25) is 14.4 Å². The van der Waals surface area contributed by atoms with Crippen LogP contribution in [0.4, 0.5) is 0 Å². The number of carbonyl (C=O) groups is 4. The lowest BCUT2D eigenvalue weighted by molar-refractivity contribution is -0.277. The van der Waals surface area contributed by atoms with Crippen molar-refractivity contribution >= 4 is 35.5 Å². The molecule has 1 N–H and O–H groups in total. The second-order valence-electron chi connectivity index (χ2n) is 22.0. The molecule has 0 unspecified atom stereocenters. The lowest BCUT2D eigenvalue weighted by Crippen LogP contribution is -2.70. The first-order valence-electron chi connectivity index (χ1n) is 22.2. The van der Waals surface area contributed by atoms with Crippen LogP contribution in [0.2, 0.25) is 5.02 Å². The Bertz CT molecular complexity index is 1900. The van der Waals surface area contributed by atoms with Gasteiger partial charge < -0.3 is 14.8 Å². The van der Waals surface area contributed by atoms with Crippen LogP contribution in [0.25, 0.3) is 0 Å². The Labute approximate surface area is 348 Å². The molecule has 8 atom stereocenters. The monoisotopic (exact) mass is 799 g/mol. The highest BCUT2D eigenvalue weighted by Crippen LogP contribution is 2.80. The van der Waals surface area contributed by atoms with Crippen LogP contribution in [0.5, 0.6) is 0 Å². The second kappa shape index (κ2) is 13.9. The number of amides is 1. The van der Waals surface area contributed by atoms with E-state index in [9.17, 15) is 19.2 Å². The number of ketones is 1. The Morgan fingerprint density at radius 3 is 2.16 bits per heavy atom. The zero-order valence-corrected chi connectivity index (χ0v) is 37.6. The molecule has 6 aliphatic rings. The number of allylic oxidation sites excluding steroid dienone is 3. The van der Waals surface area contributed by atoms with Crippen LogP contribution in [0.3, 0.4) is 0 Å². The van der Waals surface area contributed by atoms with Crippen molar-refractivity contribution in [3.8, 4) is 0 Å². The zero-order valence-electron chi connectivity index (χ0n) is 36.9. The lowest BCUT2D eigenvalue weighted by atomic mass is 9.29. The molecule has 5 saturated carbocycles. The van der Waals surface area contributed by atoms with Gasteiger partial charge >= 0.3 is 5.97 Å². The minimum atomic E-state index is -0.738. The van der Waals surface area contributed by atoms with Gasteiger partial charge in [0, 0.05) is 33.3 Å². The van der Waals surface area contributed by atoms with Crippen molar-refractivity contribution in [2.45, 2.75) is 171 Å². The largest absolute Gasteiger partial charge is 0.462 e. The van der Waals surface area contributed by atoms with E-state index in [1.54, 1.807) is 13.8 Å². The number of aldehydes is 1. The van der Waals surface area contributed by atoms with Gasteiger partial charge in [-0.1, -0.05) is 99.0 Å². The van der Waals surface area contributed by atoms with Crippen LogP contribution in [0.1, 0.15) is 165 Å². The van der Waals surface area contributed by atoms with Gasteiger partial charge in [-0.15, -0.1) is 0 Å². The van der Waals surface area contributed by atoms with Crippen LogP contribution in [-0.4, -0.2) is 30.0 Å². The van der Waals surface area contributed by atoms with E-state index in [1.165, 1.54) is 5.57 Å². The molecule has 0 radical (unpaired) electrons. The normalized spacial score (nSPS) is 38.1. The average Bonchev–Trinajstić information content (AvgIpc) is 3.85. The van der Waals surface area contributed by atoms with Crippen molar-refractivity contribution < 1.29 is 23.9 Å². The molecule has 0 aliphatic heterocycles. The van der Waals surface area contributed by atoms with Gasteiger partial charge in [0.2, 0.25) is 5.91 Å². The van der Waals surface area contributed by atoms with Crippen LogP contribution < -0.4 is 5.32 Å². The maximum atomic E-state index is 14.3. The summed E-state index contributed by atoms with van der Waals surface area (Å²) >= 11 is 6.20. The van der Waals surface area contributed by atoms with Gasteiger partial charge in [0.05, 0.1) is 12.0 Å². The number of hydrogen-bond acceptors (Lipinski definition) is 5. The van der Waals surface area contributed by atoms with Crippen molar-refractivity contribution in [3.63, 3.8) is 0 Å². The molecule has 6 aliphatic carbocycles. The van der Waals surface area contributed by atoms with Crippen molar-refractivity contribution in [1.29, 1.82) is 0 Å². The molecule has 1 aromatic carbocycles.